The Morgan fingerprint density at radius 3 is 2.85 bits per heavy atom. The monoisotopic (exact) mass is 204 g/mol. The van der Waals surface area contributed by atoms with Gasteiger partial charge in [-0.25, -0.2) is 4.99 Å². The average Bonchev–Trinajstić information content (AvgIpc) is 2.13. The Morgan fingerprint density at radius 1 is 1.46 bits per heavy atom. The fraction of sp³-hybridized carbons (Fsp3) is 0.889. The molecule has 0 fully saturated rings. The van der Waals surface area contributed by atoms with E-state index in [4.69, 9.17) is 0 Å². The average molecular weight is 204 g/mol. The van der Waals surface area contributed by atoms with Gasteiger partial charge in [-0.2, -0.15) is 0 Å². The molecule has 0 heterocycles. The van der Waals surface area contributed by atoms with Crippen molar-refractivity contribution < 1.29 is 5.11 Å². The lowest BCUT2D eigenvalue weighted by Gasteiger charge is -2.06. The highest BCUT2D eigenvalue weighted by Gasteiger charge is 1.95. The van der Waals surface area contributed by atoms with Crippen molar-refractivity contribution in [3.8, 4) is 0 Å². The summed E-state index contributed by atoms with van der Waals surface area (Å²) in [5.41, 5.74) is 1.72. The van der Waals surface area contributed by atoms with Gasteiger partial charge in [0.1, 0.15) is 0 Å². The van der Waals surface area contributed by atoms with Gasteiger partial charge in [0.15, 0.2) is 0 Å². The van der Waals surface area contributed by atoms with Crippen LogP contribution in [0.3, 0.4) is 0 Å². The maximum atomic E-state index is 9.25. The molecule has 78 valence electrons. The van der Waals surface area contributed by atoms with Crippen molar-refractivity contribution in [2.75, 3.05) is 12.3 Å². The summed E-state index contributed by atoms with van der Waals surface area (Å²) in [6.45, 7) is 5.07. The van der Waals surface area contributed by atoms with Gasteiger partial charge in [0, 0.05) is 0 Å². The van der Waals surface area contributed by atoms with Gasteiger partial charge in [-0.1, -0.05) is 20.3 Å². The van der Waals surface area contributed by atoms with Crippen molar-refractivity contribution >= 4 is 17.3 Å². The van der Waals surface area contributed by atoms with E-state index in [1.165, 1.54) is 0 Å². The summed E-state index contributed by atoms with van der Waals surface area (Å²) in [4.78, 5) is 3.92. The first-order chi connectivity index (χ1) is 6.31. The lowest BCUT2D eigenvalue weighted by molar-refractivity contribution is 0.147. The molecule has 0 radical (unpaired) electrons. The highest BCUT2D eigenvalue weighted by atomic mass is 32.2. The molecule has 0 saturated carbocycles. The Labute approximate surface area is 85.0 Å². The summed E-state index contributed by atoms with van der Waals surface area (Å²) in [7, 11) is 0. The van der Waals surface area contributed by atoms with E-state index >= 15 is 0 Å². The molecule has 0 aliphatic carbocycles. The first-order valence-corrected chi connectivity index (χ1v) is 5.90. The number of nitrogens with one attached hydrogen (secondary N) is 1. The molecule has 4 heteroatoms. The van der Waals surface area contributed by atoms with Crippen LogP contribution in [-0.2, 0) is 0 Å². The Balaban J connectivity index is 3.27. The maximum Gasteiger partial charge on any atom is 0.202 e. The molecule has 1 atom stereocenters. The molecular formula is C9H20N2OS. The van der Waals surface area contributed by atoms with Crippen LogP contribution in [0.5, 0.6) is 0 Å². The van der Waals surface area contributed by atoms with Crippen LogP contribution >= 0.6 is 11.8 Å². The van der Waals surface area contributed by atoms with Crippen molar-refractivity contribution in [2.24, 2.45) is 4.99 Å². The van der Waals surface area contributed by atoms with Gasteiger partial charge in [0.05, 0.1) is 5.55 Å². The van der Waals surface area contributed by atoms with Crippen LogP contribution in [0.2, 0.25) is 0 Å². The van der Waals surface area contributed by atoms with Gasteiger partial charge in [0.25, 0.3) is 0 Å². The molecule has 0 saturated heterocycles. The molecule has 0 aromatic heterocycles. The zero-order valence-electron chi connectivity index (χ0n) is 8.49. The molecule has 0 aliphatic heterocycles. The first kappa shape index (κ1) is 12.9. The van der Waals surface area contributed by atoms with Crippen LogP contribution in [-0.4, -0.2) is 29.3 Å². The van der Waals surface area contributed by atoms with Crippen molar-refractivity contribution in [3.63, 3.8) is 0 Å². The summed E-state index contributed by atoms with van der Waals surface area (Å²) in [6, 6.07) is 0. The highest BCUT2D eigenvalue weighted by molar-refractivity contribution is 8.12. The number of unbranched alkanes of at least 4 members (excludes halogenated alkanes) is 1. The molecule has 13 heavy (non-hydrogen) atoms. The van der Waals surface area contributed by atoms with Gasteiger partial charge >= 0.3 is 0 Å². The second-order valence-electron chi connectivity index (χ2n) is 2.81. The molecular weight excluding hydrogens is 184 g/mol. The third-order valence-corrected chi connectivity index (χ3v) is 2.37. The van der Waals surface area contributed by atoms with Gasteiger partial charge in [-0.05, 0) is 25.1 Å². The van der Waals surface area contributed by atoms with Gasteiger partial charge in [-0.15, -0.1) is 11.8 Å². The minimum atomic E-state index is -0.726. The quantitative estimate of drug-likeness (QED) is 0.274. The zero-order chi connectivity index (χ0) is 9.94. The minimum Gasteiger partial charge on any atom is -0.360 e. The molecule has 0 aromatic rings. The normalized spacial score (nSPS) is 13.8. The molecule has 0 spiro atoms. The van der Waals surface area contributed by atoms with Gasteiger partial charge < -0.3 is 5.11 Å². The van der Waals surface area contributed by atoms with E-state index in [9.17, 15) is 5.11 Å². The summed E-state index contributed by atoms with van der Waals surface area (Å²) in [6.07, 6.45) is 2.62. The molecule has 3 nitrogen and oxygen atoms in total. The second-order valence-corrected chi connectivity index (χ2v) is 3.76. The van der Waals surface area contributed by atoms with E-state index in [-0.39, 0.29) is 0 Å². The van der Waals surface area contributed by atoms with Crippen LogP contribution < -0.4 is 5.32 Å². The van der Waals surface area contributed by atoms with Crippen molar-refractivity contribution in [1.29, 1.82) is 0 Å². The highest BCUT2D eigenvalue weighted by Crippen LogP contribution is 1.97. The van der Waals surface area contributed by atoms with E-state index in [1.54, 1.807) is 17.3 Å². The number of aliphatic hydroxyl groups is 1. The first-order valence-electron chi connectivity index (χ1n) is 4.86. The summed E-state index contributed by atoms with van der Waals surface area (Å²) in [5.74, 6) is 1.06. The van der Waals surface area contributed by atoms with Gasteiger partial charge in [-0.3, -0.25) is 5.32 Å². The Bertz CT molecular complexity index is 131. The SMILES string of the molecule is CCCCNC(O)N=CSCCC. The molecule has 0 aliphatic rings. The predicted octanol–water partition coefficient (Wildman–Crippen LogP) is 1.82. The third-order valence-electron chi connectivity index (χ3n) is 1.46. The number of hydrogen-bond donors (Lipinski definition) is 2. The predicted molar refractivity (Wildman–Crippen MR) is 60.2 cm³/mol. The Morgan fingerprint density at radius 2 is 2.23 bits per heavy atom. The summed E-state index contributed by atoms with van der Waals surface area (Å²) in [5, 5.41) is 12.2. The van der Waals surface area contributed by atoms with Crippen molar-refractivity contribution in [1.82, 2.24) is 5.32 Å². The smallest absolute Gasteiger partial charge is 0.202 e. The fourth-order valence-corrected chi connectivity index (χ4v) is 1.27. The van der Waals surface area contributed by atoms with Crippen molar-refractivity contribution in [3.05, 3.63) is 0 Å². The maximum absolute atomic E-state index is 9.25. The number of nitrogens with zero attached hydrogens (tertiary/aromatic N) is 1. The van der Waals surface area contributed by atoms with E-state index < -0.39 is 6.35 Å². The second kappa shape index (κ2) is 10.0. The fourth-order valence-electron chi connectivity index (χ4n) is 0.732. The zero-order valence-corrected chi connectivity index (χ0v) is 9.31. The van der Waals surface area contributed by atoms with E-state index in [0.29, 0.717) is 0 Å². The van der Waals surface area contributed by atoms with E-state index in [0.717, 1.165) is 31.6 Å². The van der Waals surface area contributed by atoms with Crippen LogP contribution in [0.4, 0.5) is 0 Å². The van der Waals surface area contributed by atoms with Crippen LogP contribution in [0.1, 0.15) is 33.1 Å². The Kier molecular flexibility index (Phi) is 9.98. The standard InChI is InChI=1S/C9H20N2OS/c1-3-5-6-10-9(12)11-8-13-7-4-2/h8-10,12H,3-7H2,1-2H3. The summed E-state index contributed by atoms with van der Waals surface area (Å²) >= 11 is 1.63. The van der Waals surface area contributed by atoms with Crippen LogP contribution in [0.15, 0.2) is 4.99 Å². The molecule has 0 amide bonds. The number of thioether (sulfide) groups is 1. The lowest BCUT2D eigenvalue weighted by Crippen LogP contribution is -2.27. The molecule has 0 rings (SSSR count). The molecule has 0 aromatic carbocycles. The van der Waals surface area contributed by atoms with Crippen LogP contribution in [0, 0.1) is 0 Å². The largest absolute Gasteiger partial charge is 0.360 e. The minimum absolute atomic E-state index is 0.726. The molecule has 1 unspecified atom stereocenters. The number of aliphatic imine (C=N–C) groups is 1. The van der Waals surface area contributed by atoms with Crippen LogP contribution in [0.25, 0.3) is 0 Å². The van der Waals surface area contributed by atoms with Crippen molar-refractivity contribution in [2.45, 2.75) is 39.5 Å². The topological polar surface area (TPSA) is 44.6 Å². The van der Waals surface area contributed by atoms with E-state index in [2.05, 4.69) is 24.2 Å². The van der Waals surface area contributed by atoms with Gasteiger partial charge in [0.2, 0.25) is 6.35 Å². The summed E-state index contributed by atoms with van der Waals surface area (Å²) < 4.78 is 0. The molecule has 2 N–H and O–H groups in total. The molecule has 0 bridgehead atoms. The number of aliphatic hydroxyl groups excluding tert-OH is 1. The number of hydrogen-bond acceptors (Lipinski definition) is 4. The third kappa shape index (κ3) is 9.86. The number of rotatable bonds is 8. The Hall–Kier alpha value is -0.0600. The lowest BCUT2D eigenvalue weighted by atomic mass is 10.3. The van der Waals surface area contributed by atoms with E-state index in [1.807, 2.05) is 0 Å².